The van der Waals surface area contributed by atoms with Gasteiger partial charge in [-0.15, -0.1) is 0 Å². The molecule has 0 spiro atoms. The number of carbonyl (C=O) groups is 2. The van der Waals surface area contributed by atoms with Crippen molar-refractivity contribution in [2.45, 2.75) is 65.1 Å². The summed E-state index contributed by atoms with van der Waals surface area (Å²) in [4.78, 5) is 25.9. The van der Waals surface area contributed by atoms with Crippen LogP contribution in [0.15, 0.2) is 18.2 Å². The van der Waals surface area contributed by atoms with E-state index in [1.54, 1.807) is 16.8 Å². The van der Waals surface area contributed by atoms with Crippen LogP contribution in [0.25, 0.3) is 10.9 Å². The lowest BCUT2D eigenvalue weighted by molar-refractivity contribution is -0.125. The van der Waals surface area contributed by atoms with Gasteiger partial charge in [-0.3, -0.25) is 14.3 Å². The van der Waals surface area contributed by atoms with E-state index in [-0.39, 0.29) is 23.6 Å². The molecule has 7 nitrogen and oxygen atoms in total. The fourth-order valence-corrected chi connectivity index (χ4v) is 3.59. The second kappa shape index (κ2) is 8.71. The number of hydrogen-bond donors (Lipinski definition) is 3. The van der Waals surface area contributed by atoms with E-state index in [0.717, 1.165) is 31.2 Å². The molecule has 2 aromatic rings. The molecule has 1 aliphatic rings. The van der Waals surface area contributed by atoms with E-state index in [0.29, 0.717) is 23.5 Å². The van der Waals surface area contributed by atoms with Crippen LogP contribution in [0.3, 0.4) is 0 Å². The van der Waals surface area contributed by atoms with Crippen LogP contribution >= 0.6 is 11.6 Å². The standard InChI is InChI=1S/C21H30ClN5O2/c1-21(2,3)18(20(29)24-13-9-10-13)25-19(28)16-14-7-6-8-15(22)17(14)27(26-16)12-5-4-11-23/h6-8,13,18H,4-5,9-12,23H2,1-3H3,(H,24,29)(H,25,28). The Kier molecular flexibility index (Phi) is 6.49. The average molecular weight is 420 g/mol. The van der Waals surface area contributed by atoms with Crippen molar-refractivity contribution in [1.29, 1.82) is 0 Å². The van der Waals surface area contributed by atoms with E-state index >= 15 is 0 Å². The third-order valence-electron chi connectivity index (χ3n) is 5.09. The lowest BCUT2D eigenvalue weighted by Crippen LogP contribution is -2.54. The average Bonchev–Trinajstić information content (AvgIpc) is 3.37. The molecule has 1 heterocycles. The summed E-state index contributed by atoms with van der Waals surface area (Å²) < 4.78 is 1.76. The summed E-state index contributed by atoms with van der Waals surface area (Å²) in [7, 11) is 0. The number of aromatic nitrogens is 2. The first-order valence-corrected chi connectivity index (χ1v) is 10.6. The third-order valence-corrected chi connectivity index (χ3v) is 5.39. The van der Waals surface area contributed by atoms with Crippen molar-refractivity contribution in [2.24, 2.45) is 11.1 Å². The summed E-state index contributed by atoms with van der Waals surface area (Å²) in [6.07, 6.45) is 3.69. The minimum atomic E-state index is -0.660. The maximum absolute atomic E-state index is 13.1. The minimum Gasteiger partial charge on any atom is -0.352 e. The molecule has 29 heavy (non-hydrogen) atoms. The van der Waals surface area contributed by atoms with Gasteiger partial charge in [0.1, 0.15) is 6.04 Å². The summed E-state index contributed by atoms with van der Waals surface area (Å²) in [6.45, 7) is 7.03. The van der Waals surface area contributed by atoms with Crippen LogP contribution in [0.4, 0.5) is 0 Å². The number of benzene rings is 1. The number of carbonyl (C=O) groups excluding carboxylic acids is 2. The highest BCUT2D eigenvalue weighted by atomic mass is 35.5. The Morgan fingerprint density at radius 3 is 2.66 bits per heavy atom. The Balaban J connectivity index is 1.88. The maximum Gasteiger partial charge on any atom is 0.273 e. The normalized spacial score (nSPS) is 15.3. The minimum absolute atomic E-state index is 0.155. The summed E-state index contributed by atoms with van der Waals surface area (Å²) in [5, 5.41) is 11.7. The van der Waals surface area contributed by atoms with E-state index in [2.05, 4.69) is 15.7 Å². The van der Waals surface area contributed by atoms with Crippen molar-refractivity contribution < 1.29 is 9.59 Å². The molecule has 1 aromatic carbocycles. The molecule has 0 aliphatic heterocycles. The highest BCUT2D eigenvalue weighted by Crippen LogP contribution is 2.28. The predicted molar refractivity (Wildman–Crippen MR) is 115 cm³/mol. The molecule has 0 saturated heterocycles. The van der Waals surface area contributed by atoms with Gasteiger partial charge < -0.3 is 16.4 Å². The lowest BCUT2D eigenvalue weighted by Gasteiger charge is -2.30. The summed E-state index contributed by atoms with van der Waals surface area (Å²) in [5.74, 6) is -0.529. The van der Waals surface area contributed by atoms with Gasteiger partial charge in [0.25, 0.3) is 5.91 Å². The second-order valence-electron chi connectivity index (χ2n) is 8.76. The van der Waals surface area contributed by atoms with Crippen LogP contribution in [0.2, 0.25) is 5.02 Å². The van der Waals surface area contributed by atoms with Crippen molar-refractivity contribution in [3.63, 3.8) is 0 Å². The van der Waals surface area contributed by atoms with Crippen molar-refractivity contribution >= 4 is 34.3 Å². The molecule has 3 rings (SSSR count). The molecular weight excluding hydrogens is 390 g/mol. The Morgan fingerprint density at radius 2 is 2.03 bits per heavy atom. The largest absolute Gasteiger partial charge is 0.352 e. The van der Waals surface area contributed by atoms with Gasteiger partial charge in [0.2, 0.25) is 5.91 Å². The third kappa shape index (κ3) is 5.08. The molecule has 2 amide bonds. The summed E-state index contributed by atoms with van der Waals surface area (Å²) in [5.41, 5.74) is 6.16. The van der Waals surface area contributed by atoms with Gasteiger partial charge in [-0.1, -0.05) is 44.5 Å². The number of nitrogens with zero attached hydrogens (tertiary/aromatic N) is 2. The molecule has 1 unspecified atom stereocenters. The Morgan fingerprint density at radius 1 is 1.31 bits per heavy atom. The number of fused-ring (bicyclic) bond motifs is 1. The molecule has 1 fully saturated rings. The number of nitrogens with two attached hydrogens (primary N) is 1. The van der Waals surface area contributed by atoms with Gasteiger partial charge in [-0.25, -0.2) is 0 Å². The summed E-state index contributed by atoms with van der Waals surface area (Å²) >= 11 is 6.40. The number of para-hydroxylation sites is 1. The Labute approximate surface area is 176 Å². The first-order chi connectivity index (χ1) is 13.7. The molecule has 1 saturated carbocycles. The molecule has 1 aliphatic carbocycles. The molecule has 1 aromatic heterocycles. The first kappa shape index (κ1) is 21.6. The number of aryl methyl sites for hydroxylation is 1. The van der Waals surface area contributed by atoms with Crippen LogP contribution in [0, 0.1) is 5.41 Å². The van der Waals surface area contributed by atoms with E-state index in [9.17, 15) is 9.59 Å². The van der Waals surface area contributed by atoms with Gasteiger partial charge in [0.15, 0.2) is 5.69 Å². The van der Waals surface area contributed by atoms with Crippen molar-refractivity contribution in [3.8, 4) is 0 Å². The van der Waals surface area contributed by atoms with Gasteiger partial charge in [-0.2, -0.15) is 5.10 Å². The molecule has 158 valence electrons. The van der Waals surface area contributed by atoms with Crippen LogP contribution in [0.1, 0.15) is 56.9 Å². The molecule has 0 radical (unpaired) electrons. The van der Waals surface area contributed by atoms with E-state index < -0.39 is 11.5 Å². The van der Waals surface area contributed by atoms with Gasteiger partial charge >= 0.3 is 0 Å². The molecule has 4 N–H and O–H groups in total. The van der Waals surface area contributed by atoms with Gasteiger partial charge in [0.05, 0.1) is 10.5 Å². The van der Waals surface area contributed by atoms with Gasteiger partial charge in [0, 0.05) is 18.0 Å². The van der Waals surface area contributed by atoms with Crippen LogP contribution in [0.5, 0.6) is 0 Å². The zero-order valence-electron chi connectivity index (χ0n) is 17.3. The smallest absolute Gasteiger partial charge is 0.273 e. The van der Waals surface area contributed by atoms with Crippen molar-refractivity contribution in [1.82, 2.24) is 20.4 Å². The van der Waals surface area contributed by atoms with Crippen LogP contribution in [-0.2, 0) is 11.3 Å². The fraction of sp³-hybridized carbons (Fsp3) is 0.571. The number of unbranched alkanes of at least 4 members (excludes halogenated alkanes) is 1. The molecule has 1 atom stereocenters. The zero-order valence-corrected chi connectivity index (χ0v) is 18.1. The predicted octanol–water partition coefficient (Wildman–Crippen LogP) is 2.85. The molecule has 8 heteroatoms. The van der Waals surface area contributed by atoms with Crippen molar-refractivity contribution in [3.05, 3.63) is 28.9 Å². The molecule has 0 bridgehead atoms. The quantitative estimate of drug-likeness (QED) is 0.572. The topological polar surface area (TPSA) is 102 Å². The number of amides is 2. The number of rotatable bonds is 8. The van der Waals surface area contributed by atoms with Gasteiger partial charge in [-0.05, 0) is 43.7 Å². The second-order valence-corrected chi connectivity index (χ2v) is 9.17. The lowest BCUT2D eigenvalue weighted by atomic mass is 9.86. The van der Waals surface area contributed by atoms with Crippen molar-refractivity contribution in [2.75, 3.05) is 6.54 Å². The first-order valence-electron chi connectivity index (χ1n) is 10.2. The SMILES string of the molecule is CC(C)(C)C(NC(=O)c1nn(CCCCN)c2c(Cl)cccc12)C(=O)NC1CC1. The highest BCUT2D eigenvalue weighted by molar-refractivity contribution is 6.35. The highest BCUT2D eigenvalue weighted by Gasteiger charge is 2.36. The number of hydrogen-bond acceptors (Lipinski definition) is 4. The van der Waals surface area contributed by atoms with E-state index in [1.807, 2.05) is 26.8 Å². The van der Waals surface area contributed by atoms with Crippen LogP contribution < -0.4 is 16.4 Å². The van der Waals surface area contributed by atoms with E-state index in [1.165, 1.54) is 0 Å². The number of nitrogens with one attached hydrogen (secondary N) is 2. The Hall–Kier alpha value is -2.12. The Bertz CT molecular complexity index is 898. The number of halogens is 1. The van der Waals surface area contributed by atoms with Crippen LogP contribution in [-0.4, -0.2) is 40.2 Å². The van der Waals surface area contributed by atoms with E-state index in [4.69, 9.17) is 17.3 Å². The summed E-state index contributed by atoms with van der Waals surface area (Å²) in [6, 6.07) is 4.99. The molecular formula is C21H30ClN5O2. The monoisotopic (exact) mass is 419 g/mol. The fourth-order valence-electron chi connectivity index (χ4n) is 3.32. The maximum atomic E-state index is 13.1. The zero-order chi connectivity index (χ0) is 21.2.